The summed E-state index contributed by atoms with van der Waals surface area (Å²) in [6.07, 6.45) is 0. The third kappa shape index (κ3) is 2.18. The topological polar surface area (TPSA) is 51.0 Å². The molecule has 84 valence electrons. The quantitative estimate of drug-likeness (QED) is 0.864. The molecular formula is C11H12FN3O. The molecule has 1 aromatic carbocycles. The van der Waals surface area contributed by atoms with Crippen LogP contribution in [-0.2, 0) is 6.54 Å². The van der Waals surface area contributed by atoms with E-state index in [2.05, 4.69) is 20.3 Å². The number of hydrogen-bond donors (Lipinski definition) is 1. The number of aryl methyl sites for hydroxylation is 2. The summed E-state index contributed by atoms with van der Waals surface area (Å²) in [5.74, 6) is -0.234. The van der Waals surface area contributed by atoms with E-state index in [-0.39, 0.29) is 5.82 Å². The van der Waals surface area contributed by atoms with Crippen LogP contribution >= 0.6 is 0 Å². The van der Waals surface area contributed by atoms with Gasteiger partial charge in [0.2, 0.25) is 0 Å². The maximum atomic E-state index is 12.9. The summed E-state index contributed by atoms with van der Waals surface area (Å²) in [5, 5.41) is 10.6. The van der Waals surface area contributed by atoms with E-state index >= 15 is 0 Å². The van der Waals surface area contributed by atoms with Crippen LogP contribution < -0.4 is 5.32 Å². The SMILES string of the molecule is Cc1cc(F)ccc1NCc1nonc1C. The van der Waals surface area contributed by atoms with E-state index in [0.717, 1.165) is 22.6 Å². The van der Waals surface area contributed by atoms with Crippen molar-refractivity contribution in [1.29, 1.82) is 0 Å². The predicted octanol–water partition coefficient (Wildman–Crippen LogP) is 2.44. The molecule has 5 heteroatoms. The van der Waals surface area contributed by atoms with Crippen LogP contribution in [0.4, 0.5) is 10.1 Å². The van der Waals surface area contributed by atoms with Gasteiger partial charge in [0.15, 0.2) is 0 Å². The maximum absolute atomic E-state index is 12.9. The van der Waals surface area contributed by atoms with Gasteiger partial charge in [-0.1, -0.05) is 10.3 Å². The van der Waals surface area contributed by atoms with Gasteiger partial charge in [-0.2, -0.15) is 0 Å². The van der Waals surface area contributed by atoms with Crippen molar-refractivity contribution in [2.75, 3.05) is 5.32 Å². The number of nitrogens with one attached hydrogen (secondary N) is 1. The number of benzene rings is 1. The zero-order valence-corrected chi connectivity index (χ0v) is 9.12. The Labute approximate surface area is 92.4 Å². The number of halogens is 1. The summed E-state index contributed by atoms with van der Waals surface area (Å²) in [5.41, 5.74) is 3.24. The van der Waals surface area contributed by atoms with Crippen molar-refractivity contribution in [3.63, 3.8) is 0 Å². The van der Waals surface area contributed by atoms with Gasteiger partial charge in [-0.15, -0.1) is 0 Å². The van der Waals surface area contributed by atoms with Crippen LogP contribution in [0, 0.1) is 19.7 Å². The average Bonchev–Trinajstić information content (AvgIpc) is 2.63. The minimum Gasteiger partial charge on any atom is -0.379 e. The normalized spacial score (nSPS) is 10.4. The first-order valence-electron chi connectivity index (χ1n) is 4.95. The summed E-state index contributed by atoms with van der Waals surface area (Å²) in [6.45, 7) is 4.19. The van der Waals surface area contributed by atoms with Crippen LogP contribution in [-0.4, -0.2) is 10.3 Å². The van der Waals surface area contributed by atoms with Crippen molar-refractivity contribution in [1.82, 2.24) is 10.3 Å². The van der Waals surface area contributed by atoms with Crippen molar-refractivity contribution >= 4 is 5.69 Å². The Bertz CT molecular complexity index is 496. The van der Waals surface area contributed by atoms with Gasteiger partial charge in [-0.25, -0.2) is 9.02 Å². The number of hydrogen-bond acceptors (Lipinski definition) is 4. The molecule has 0 amide bonds. The lowest BCUT2D eigenvalue weighted by molar-refractivity contribution is 0.301. The molecule has 16 heavy (non-hydrogen) atoms. The average molecular weight is 221 g/mol. The lowest BCUT2D eigenvalue weighted by Gasteiger charge is -2.07. The molecule has 0 aliphatic rings. The molecule has 0 aliphatic carbocycles. The first-order chi connectivity index (χ1) is 7.66. The second-order valence-corrected chi connectivity index (χ2v) is 3.61. The second kappa shape index (κ2) is 4.30. The van der Waals surface area contributed by atoms with E-state index in [9.17, 15) is 4.39 Å². The van der Waals surface area contributed by atoms with Crippen LogP contribution in [0.2, 0.25) is 0 Å². The zero-order chi connectivity index (χ0) is 11.5. The zero-order valence-electron chi connectivity index (χ0n) is 9.12. The summed E-state index contributed by atoms with van der Waals surface area (Å²) >= 11 is 0. The van der Waals surface area contributed by atoms with E-state index in [1.165, 1.54) is 12.1 Å². The molecule has 2 rings (SSSR count). The summed E-state index contributed by atoms with van der Waals surface area (Å²) in [6, 6.07) is 4.60. The molecular weight excluding hydrogens is 209 g/mol. The van der Waals surface area contributed by atoms with Crippen molar-refractivity contribution < 1.29 is 9.02 Å². The molecule has 1 N–H and O–H groups in total. The Balaban J connectivity index is 2.08. The van der Waals surface area contributed by atoms with Crippen molar-refractivity contribution in [2.45, 2.75) is 20.4 Å². The summed E-state index contributed by atoms with van der Waals surface area (Å²) in [7, 11) is 0. The van der Waals surface area contributed by atoms with E-state index in [4.69, 9.17) is 0 Å². The standard InChI is InChI=1S/C11H12FN3O/c1-7-5-9(12)3-4-10(7)13-6-11-8(2)14-16-15-11/h3-5,13H,6H2,1-2H3. The molecule has 0 atom stereocenters. The second-order valence-electron chi connectivity index (χ2n) is 3.61. The predicted molar refractivity (Wildman–Crippen MR) is 57.5 cm³/mol. The van der Waals surface area contributed by atoms with Crippen molar-refractivity contribution in [3.8, 4) is 0 Å². The number of anilines is 1. The Hall–Kier alpha value is -1.91. The monoisotopic (exact) mass is 221 g/mol. The number of rotatable bonds is 3. The van der Waals surface area contributed by atoms with Crippen LogP contribution in [0.25, 0.3) is 0 Å². The van der Waals surface area contributed by atoms with Crippen LogP contribution in [0.3, 0.4) is 0 Å². The van der Waals surface area contributed by atoms with Crippen molar-refractivity contribution in [2.24, 2.45) is 0 Å². The first kappa shape index (κ1) is 10.6. The van der Waals surface area contributed by atoms with Gasteiger partial charge in [-0.3, -0.25) is 0 Å². The first-order valence-corrected chi connectivity index (χ1v) is 4.95. The third-order valence-corrected chi connectivity index (χ3v) is 2.38. The molecule has 0 saturated carbocycles. The highest BCUT2D eigenvalue weighted by Gasteiger charge is 2.05. The van der Waals surface area contributed by atoms with Gasteiger partial charge >= 0.3 is 0 Å². The largest absolute Gasteiger partial charge is 0.379 e. The summed E-state index contributed by atoms with van der Waals surface area (Å²) < 4.78 is 17.4. The van der Waals surface area contributed by atoms with E-state index < -0.39 is 0 Å². The van der Waals surface area contributed by atoms with E-state index in [0.29, 0.717) is 6.54 Å². The van der Waals surface area contributed by atoms with Crippen LogP contribution in [0.15, 0.2) is 22.8 Å². The lowest BCUT2D eigenvalue weighted by atomic mass is 10.2. The smallest absolute Gasteiger partial charge is 0.127 e. The molecule has 0 aliphatic heterocycles. The minimum absolute atomic E-state index is 0.234. The molecule has 0 fully saturated rings. The molecule has 1 aromatic heterocycles. The Morgan fingerprint density at radius 3 is 2.75 bits per heavy atom. The van der Waals surface area contributed by atoms with Crippen molar-refractivity contribution in [3.05, 3.63) is 41.0 Å². The summed E-state index contributed by atoms with van der Waals surface area (Å²) in [4.78, 5) is 0. The fourth-order valence-electron chi connectivity index (χ4n) is 1.41. The molecule has 2 aromatic rings. The van der Waals surface area contributed by atoms with Gasteiger partial charge < -0.3 is 5.32 Å². The van der Waals surface area contributed by atoms with E-state index in [1.54, 1.807) is 6.07 Å². The van der Waals surface area contributed by atoms with Crippen LogP contribution in [0.5, 0.6) is 0 Å². The van der Waals surface area contributed by atoms with Gasteiger partial charge in [0, 0.05) is 5.69 Å². The maximum Gasteiger partial charge on any atom is 0.127 e. The number of aromatic nitrogens is 2. The van der Waals surface area contributed by atoms with Gasteiger partial charge in [0.1, 0.15) is 17.2 Å². The minimum atomic E-state index is -0.234. The molecule has 0 spiro atoms. The lowest BCUT2D eigenvalue weighted by Crippen LogP contribution is -2.02. The highest BCUT2D eigenvalue weighted by molar-refractivity contribution is 5.50. The third-order valence-electron chi connectivity index (χ3n) is 2.38. The fourth-order valence-corrected chi connectivity index (χ4v) is 1.41. The van der Waals surface area contributed by atoms with Crippen LogP contribution in [0.1, 0.15) is 17.0 Å². The molecule has 0 saturated heterocycles. The Morgan fingerprint density at radius 1 is 1.31 bits per heavy atom. The highest BCUT2D eigenvalue weighted by atomic mass is 19.1. The molecule has 0 radical (unpaired) electrons. The Kier molecular flexibility index (Phi) is 2.85. The van der Waals surface area contributed by atoms with E-state index in [1.807, 2.05) is 13.8 Å². The molecule has 0 unspecified atom stereocenters. The van der Waals surface area contributed by atoms with Gasteiger partial charge in [-0.05, 0) is 37.6 Å². The molecule has 4 nitrogen and oxygen atoms in total. The number of nitrogens with zero attached hydrogens (tertiary/aromatic N) is 2. The Morgan fingerprint density at radius 2 is 2.12 bits per heavy atom. The molecule has 1 heterocycles. The van der Waals surface area contributed by atoms with Gasteiger partial charge in [0.25, 0.3) is 0 Å². The highest BCUT2D eigenvalue weighted by Crippen LogP contribution is 2.16. The van der Waals surface area contributed by atoms with Gasteiger partial charge in [0.05, 0.1) is 6.54 Å². The fraction of sp³-hybridized carbons (Fsp3) is 0.273. The molecule has 0 bridgehead atoms.